The zero-order valence-corrected chi connectivity index (χ0v) is 5.09. The Bertz CT molecular complexity index is 41.9. The van der Waals surface area contributed by atoms with Gasteiger partial charge >= 0.3 is 9.28 Å². The van der Waals surface area contributed by atoms with Crippen molar-refractivity contribution >= 4 is 9.28 Å². The van der Waals surface area contributed by atoms with Gasteiger partial charge in [0.1, 0.15) is 0 Å². The summed E-state index contributed by atoms with van der Waals surface area (Å²) in [4.78, 5) is 16.6. The summed E-state index contributed by atoms with van der Waals surface area (Å²) in [6.45, 7) is 0.551. The Balaban J connectivity index is 2.68. The van der Waals surface area contributed by atoms with Gasteiger partial charge in [0.2, 0.25) is 0 Å². The predicted molar refractivity (Wildman–Crippen MR) is 28.7 cm³/mol. The quantitative estimate of drug-likeness (QED) is 0.410. The highest BCUT2D eigenvalue weighted by molar-refractivity contribution is 6.40. The lowest BCUT2D eigenvalue weighted by Gasteiger charge is -1.92. The van der Waals surface area contributed by atoms with Crippen LogP contribution in [0.25, 0.3) is 0 Å². The van der Waals surface area contributed by atoms with E-state index in [0.29, 0.717) is 12.6 Å². The second-order valence-electron chi connectivity index (χ2n) is 1.31. The van der Waals surface area contributed by atoms with Gasteiger partial charge in [-0.2, -0.15) is 0 Å². The standard InChI is InChI=1S/C3H10NO2Si/c4-2-1-3-7(5)6/h5-6H,1-4H2. The van der Waals surface area contributed by atoms with Crippen molar-refractivity contribution in [2.45, 2.75) is 12.5 Å². The van der Waals surface area contributed by atoms with E-state index in [-0.39, 0.29) is 0 Å². The first-order chi connectivity index (χ1) is 3.27. The molecule has 4 N–H and O–H groups in total. The third-order valence-electron chi connectivity index (χ3n) is 0.605. The summed E-state index contributed by atoms with van der Waals surface area (Å²) in [5.74, 6) is 0. The molecule has 0 aliphatic rings. The van der Waals surface area contributed by atoms with Crippen LogP contribution in [0.4, 0.5) is 0 Å². The molecule has 0 atom stereocenters. The van der Waals surface area contributed by atoms with E-state index in [2.05, 4.69) is 0 Å². The molecule has 1 radical (unpaired) electrons. The molecule has 0 aromatic carbocycles. The van der Waals surface area contributed by atoms with Crippen molar-refractivity contribution < 1.29 is 9.59 Å². The van der Waals surface area contributed by atoms with Crippen LogP contribution in [0.3, 0.4) is 0 Å². The van der Waals surface area contributed by atoms with Crippen LogP contribution in [-0.4, -0.2) is 25.4 Å². The molecule has 0 aromatic heterocycles. The fourth-order valence-electron chi connectivity index (χ4n) is 0.260. The van der Waals surface area contributed by atoms with Gasteiger partial charge in [0, 0.05) is 0 Å². The lowest BCUT2D eigenvalue weighted by atomic mass is 10.5. The second-order valence-corrected chi connectivity index (χ2v) is 2.64. The lowest BCUT2D eigenvalue weighted by Crippen LogP contribution is -2.12. The van der Waals surface area contributed by atoms with Gasteiger partial charge in [0.05, 0.1) is 0 Å². The van der Waals surface area contributed by atoms with Crippen LogP contribution in [0.1, 0.15) is 6.42 Å². The molecule has 4 heteroatoms. The van der Waals surface area contributed by atoms with Gasteiger partial charge in [-0.05, 0) is 19.0 Å². The monoisotopic (exact) mass is 120 g/mol. The fourth-order valence-corrected chi connectivity index (χ4v) is 0.781. The summed E-state index contributed by atoms with van der Waals surface area (Å²) in [5.41, 5.74) is 5.07. The molecule has 0 rings (SSSR count). The van der Waals surface area contributed by atoms with Crippen LogP contribution in [0.15, 0.2) is 0 Å². The zero-order valence-electron chi connectivity index (χ0n) is 4.09. The minimum absolute atomic E-state index is 0.487. The van der Waals surface area contributed by atoms with Gasteiger partial charge in [-0.15, -0.1) is 0 Å². The van der Waals surface area contributed by atoms with Gasteiger partial charge in [-0.1, -0.05) is 0 Å². The minimum atomic E-state index is -1.98. The molecule has 0 spiro atoms. The number of hydrogen-bond donors (Lipinski definition) is 3. The summed E-state index contributed by atoms with van der Waals surface area (Å²) in [6.07, 6.45) is 0.724. The topological polar surface area (TPSA) is 66.5 Å². The summed E-state index contributed by atoms with van der Waals surface area (Å²) in [6, 6.07) is 0.487. The van der Waals surface area contributed by atoms with E-state index in [1.54, 1.807) is 0 Å². The summed E-state index contributed by atoms with van der Waals surface area (Å²) in [7, 11) is -1.98. The van der Waals surface area contributed by atoms with Crippen molar-refractivity contribution in [1.29, 1.82) is 0 Å². The van der Waals surface area contributed by atoms with Crippen LogP contribution in [-0.2, 0) is 0 Å². The summed E-state index contributed by atoms with van der Waals surface area (Å²) in [5, 5.41) is 0. The summed E-state index contributed by atoms with van der Waals surface area (Å²) < 4.78 is 0. The van der Waals surface area contributed by atoms with Gasteiger partial charge in [-0.3, -0.25) is 0 Å². The first-order valence-corrected chi connectivity index (χ1v) is 3.81. The third kappa shape index (κ3) is 6.10. The smallest absolute Gasteiger partial charge is 0.378 e. The Morgan fingerprint density at radius 1 is 1.43 bits per heavy atom. The van der Waals surface area contributed by atoms with Crippen LogP contribution in [0.5, 0.6) is 0 Å². The Labute approximate surface area is 44.6 Å². The molecule has 0 heterocycles. The molecule has 7 heavy (non-hydrogen) atoms. The maximum Gasteiger partial charge on any atom is 0.378 e. The van der Waals surface area contributed by atoms with E-state index < -0.39 is 9.28 Å². The maximum atomic E-state index is 8.29. The Morgan fingerprint density at radius 2 is 2.00 bits per heavy atom. The molecule has 0 fully saturated rings. The number of nitrogens with two attached hydrogens (primary N) is 1. The Morgan fingerprint density at radius 3 is 2.14 bits per heavy atom. The molecular formula is C3H10NO2Si. The van der Waals surface area contributed by atoms with E-state index in [9.17, 15) is 0 Å². The first-order valence-electron chi connectivity index (χ1n) is 2.21. The van der Waals surface area contributed by atoms with Crippen molar-refractivity contribution in [1.82, 2.24) is 0 Å². The maximum absolute atomic E-state index is 8.29. The predicted octanol–water partition coefficient (Wildman–Crippen LogP) is -1.19. The molecule has 0 aromatic rings. The highest BCUT2D eigenvalue weighted by atomic mass is 28.3. The van der Waals surface area contributed by atoms with Crippen LogP contribution in [0.2, 0.25) is 6.04 Å². The molecule has 3 nitrogen and oxygen atoms in total. The van der Waals surface area contributed by atoms with Gasteiger partial charge < -0.3 is 15.3 Å². The highest BCUT2D eigenvalue weighted by Crippen LogP contribution is 1.86. The van der Waals surface area contributed by atoms with Crippen LogP contribution >= 0.6 is 0 Å². The van der Waals surface area contributed by atoms with Crippen LogP contribution < -0.4 is 5.73 Å². The molecule has 0 aliphatic heterocycles. The fraction of sp³-hybridized carbons (Fsp3) is 1.00. The van der Waals surface area contributed by atoms with Crippen molar-refractivity contribution in [2.75, 3.05) is 6.54 Å². The molecule has 0 aliphatic carbocycles. The normalized spacial score (nSPS) is 10.3. The molecule has 0 saturated heterocycles. The average molecular weight is 120 g/mol. The molecule has 0 saturated carbocycles. The number of rotatable bonds is 3. The molecule has 0 amide bonds. The third-order valence-corrected chi connectivity index (χ3v) is 1.41. The SMILES string of the molecule is NCCC[Si](O)O. The lowest BCUT2D eigenvalue weighted by molar-refractivity contribution is 0.403. The summed E-state index contributed by atoms with van der Waals surface area (Å²) >= 11 is 0. The first kappa shape index (κ1) is 7.10. The van der Waals surface area contributed by atoms with E-state index >= 15 is 0 Å². The van der Waals surface area contributed by atoms with E-state index in [1.807, 2.05) is 0 Å². The van der Waals surface area contributed by atoms with Gasteiger partial charge in [0.15, 0.2) is 0 Å². The van der Waals surface area contributed by atoms with Gasteiger partial charge in [-0.25, -0.2) is 0 Å². The van der Waals surface area contributed by atoms with E-state index in [4.69, 9.17) is 15.3 Å². The Hall–Kier alpha value is 0.0969. The minimum Gasteiger partial charge on any atom is -0.410 e. The van der Waals surface area contributed by atoms with Crippen molar-refractivity contribution in [3.8, 4) is 0 Å². The zero-order chi connectivity index (χ0) is 5.70. The van der Waals surface area contributed by atoms with E-state index in [0.717, 1.165) is 6.42 Å². The highest BCUT2D eigenvalue weighted by Gasteiger charge is 1.99. The molecule has 43 valence electrons. The second kappa shape index (κ2) is 4.26. The van der Waals surface area contributed by atoms with Crippen LogP contribution in [0, 0.1) is 0 Å². The molecule has 0 unspecified atom stereocenters. The van der Waals surface area contributed by atoms with Crippen molar-refractivity contribution in [3.63, 3.8) is 0 Å². The number of hydrogen-bond acceptors (Lipinski definition) is 3. The molecule has 0 bridgehead atoms. The average Bonchev–Trinajstić information content (AvgIpc) is 1.61. The van der Waals surface area contributed by atoms with Crippen molar-refractivity contribution in [3.05, 3.63) is 0 Å². The Kier molecular flexibility index (Phi) is 4.32. The van der Waals surface area contributed by atoms with Gasteiger partial charge in [0.25, 0.3) is 0 Å². The van der Waals surface area contributed by atoms with Crippen molar-refractivity contribution in [2.24, 2.45) is 5.73 Å². The largest absolute Gasteiger partial charge is 0.410 e. The van der Waals surface area contributed by atoms with E-state index in [1.165, 1.54) is 0 Å². The molecular weight excluding hydrogens is 110 g/mol.